The lowest BCUT2D eigenvalue weighted by molar-refractivity contribution is -0.385. The van der Waals surface area contributed by atoms with E-state index in [4.69, 9.17) is 10.00 Å². The fourth-order valence-electron chi connectivity index (χ4n) is 1.59. The van der Waals surface area contributed by atoms with Crippen molar-refractivity contribution in [3.05, 3.63) is 31.4 Å². The lowest BCUT2D eigenvalue weighted by Gasteiger charge is -2.08. The van der Waals surface area contributed by atoms with Crippen LogP contribution in [-0.2, 0) is 4.79 Å². The highest BCUT2D eigenvalue weighted by atomic mass is 127. The molecule has 0 heterocycles. The summed E-state index contributed by atoms with van der Waals surface area (Å²) in [6, 6.07) is 4.49. The van der Waals surface area contributed by atoms with Crippen LogP contribution in [0.5, 0.6) is 5.75 Å². The van der Waals surface area contributed by atoms with Crippen molar-refractivity contribution < 1.29 is 14.5 Å². The van der Waals surface area contributed by atoms with Gasteiger partial charge in [0, 0.05) is 12.0 Å². The van der Waals surface area contributed by atoms with Gasteiger partial charge >= 0.3 is 5.69 Å². The molecule has 2 rings (SSSR count). The van der Waals surface area contributed by atoms with E-state index in [2.05, 4.69) is 0 Å². The largest absolute Gasteiger partial charge is 0.478 e. The third kappa shape index (κ3) is 3.20. The highest BCUT2D eigenvalue weighted by molar-refractivity contribution is 14.1. The van der Waals surface area contributed by atoms with Crippen molar-refractivity contribution in [2.75, 3.05) is 6.61 Å². The third-order valence-corrected chi connectivity index (χ3v) is 3.54. The number of ketones is 1. The number of carbonyl (C=O) groups excluding carboxylic acids is 1. The van der Waals surface area contributed by atoms with Gasteiger partial charge in [-0.15, -0.1) is 0 Å². The molecule has 0 amide bonds. The summed E-state index contributed by atoms with van der Waals surface area (Å²) in [6.45, 7) is -0.159. The zero-order chi connectivity index (χ0) is 14.0. The summed E-state index contributed by atoms with van der Waals surface area (Å²) >= 11 is 1.86. The van der Waals surface area contributed by atoms with E-state index in [-0.39, 0.29) is 35.3 Å². The Morgan fingerprint density at radius 3 is 2.79 bits per heavy atom. The summed E-state index contributed by atoms with van der Waals surface area (Å²) in [5.74, 6) is 0.0724. The van der Waals surface area contributed by atoms with Crippen LogP contribution in [0.1, 0.15) is 18.4 Å². The Morgan fingerprint density at radius 2 is 2.26 bits per heavy atom. The molecule has 0 aromatic heterocycles. The van der Waals surface area contributed by atoms with Crippen LogP contribution >= 0.6 is 22.6 Å². The molecule has 1 aliphatic carbocycles. The first-order valence-electron chi connectivity index (χ1n) is 5.56. The Hall–Kier alpha value is -1.69. The highest BCUT2D eigenvalue weighted by Gasteiger charge is 2.30. The van der Waals surface area contributed by atoms with E-state index in [1.807, 2.05) is 28.7 Å². The minimum atomic E-state index is -0.611. The molecule has 7 heteroatoms. The number of nitrogens with zero attached hydrogens (tertiary/aromatic N) is 2. The van der Waals surface area contributed by atoms with Crippen molar-refractivity contribution >= 4 is 34.1 Å². The van der Waals surface area contributed by atoms with Crippen molar-refractivity contribution in [3.63, 3.8) is 0 Å². The van der Waals surface area contributed by atoms with Gasteiger partial charge in [-0.05, 0) is 41.5 Å². The van der Waals surface area contributed by atoms with Gasteiger partial charge in [0.2, 0.25) is 5.75 Å². The van der Waals surface area contributed by atoms with Crippen LogP contribution in [0.25, 0.3) is 0 Å². The molecule has 0 bridgehead atoms. The summed E-state index contributed by atoms with van der Waals surface area (Å²) in [4.78, 5) is 21.9. The number of nitro groups is 1. The molecule has 0 radical (unpaired) electrons. The Balaban J connectivity index is 2.24. The molecule has 1 aromatic carbocycles. The predicted molar refractivity (Wildman–Crippen MR) is 73.8 cm³/mol. The SMILES string of the molecule is N#Cc1cc(I)c(OCC(=O)C2CC2)c([N+](=O)[O-])c1. The maximum Gasteiger partial charge on any atom is 0.313 e. The summed E-state index contributed by atoms with van der Waals surface area (Å²) in [6.07, 6.45) is 1.74. The van der Waals surface area contributed by atoms with E-state index in [0.717, 1.165) is 18.9 Å². The third-order valence-electron chi connectivity index (χ3n) is 2.74. The van der Waals surface area contributed by atoms with E-state index in [0.29, 0.717) is 3.57 Å². The second-order valence-corrected chi connectivity index (χ2v) is 5.37. The molecule has 0 N–H and O–H groups in total. The Labute approximate surface area is 122 Å². The number of hydrogen-bond acceptors (Lipinski definition) is 5. The van der Waals surface area contributed by atoms with E-state index in [1.54, 1.807) is 0 Å². The first kappa shape index (κ1) is 13.7. The van der Waals surface area contributed by atoms with Crippen molar-refractivity contribution in [2.45, 2.75) is 12.8 Å². The second kappa shape index (κ2) is 5.52. The lowest BCUT2D eigenvalue weighted by Crippen LogP contribution is -2.14. The maximum atomic E-state index is 11.5. The Kier molecular flexibility index (Phi) is 3.99. The smallest absolute Gasteiger partial charge is 0.313 e. The summed E-state index contributed by atoms with van der Waals surface area (Å²) in [5, 5.41) is 19.7. The van der Waals surface area contributed by atoms with Crippen LogP contribution in [0.15, 0.2) is 12.1 Å². The number of nitro benzene ring substituents is 1. The molecule has 6 nitrogen and oxygen atoms in total. The molecule has 0 spiro atoms. The van der Waals surface area contributed by atoms with Gasteiger partial charge in [-0.25, -0.2) is 0 Å². The molecular weight excluding hydrogens is 363 g/mol. The van der Waals surface area contributed by atoms with Gasteiger partial charge in [0.05, 0.1) is 20.1 Å². The summed E-state index contributed by atoms with van der Waals surface area (Å²) < 4.78 is 5.73. The molecule has 1 fully saturated rings. The number of halogens is 1. The quantitative estimate of drug-likeness (QED) is 0.450. The molecule has 1 aliphatic rings. The zero-order valence-corrected chi connectivity index (χ0v) is 11.9. The number of Topliss-reactive ketones (excluding diaryl/α,β-unsaturated/α-hetero) is 1. The molecule has 0 atom stereocenters. The fraction of sp³-hybridized carbons (Fsp3) is 0.333. The number of carbonyl (C=O) groups is 1. The molecule has 0 saturated heterocycles. The number of ether oxygens (including phenoxy) is 1. The van der Waals surface area contributed by atoms with Gasteiger partial charge in [-0.1, -0.05) is 0 Å². The average Bonchev–Trinajstić information content (AvgIpc) is 3.20. The van der Waals surface area contributed by atoms with E-state index in [9.17, 15) is 14.9 Å². The van der Waals surface area contributed by atoms with Crippen molar-refractivity contribution in [1.82, 2.24) is 0 Å². The van der Waals surface area contributed by atoms with Gasteiger partial charge in [0.1, 0.15) is 6.61 Å². The molecule has 98 valence electrons. The monoisotopic (exact) mass is 372 g/mol. The van der Waals surface area contributed by atoms with Crippen LogP contribution < -0.4 is 4.74 Å². The highest BCUT2D eigenvalue weighted by Crippen LogP contribution is 2.35. The first-order valence-corrected chi connectivity index (χ1v) is 6.64. The summed E-state index contributed by atoms with van der Waals surface area (Å²) in [5.41, 5.74) is -0.0935. The molecule has 0 unspecified atom stereocenters. The van der Waals surface area contributed by atoms with E-state index in [1.165, 1.54) is 6.07 Å². The molecule has 0 aliphatic heterocycles. The number of hydrogen-bond donors (Lipinski definition) is 0. The number of benzene rings is 1. The zero-order valence-electron chi connectivity index (χ0n) is 9.76. The van der Waals surface area contributed by atoms with Gasteiger partial charge in [-0.3, -0.25) is 14.9 Å². The van der Waals surface area contributed by atoms with Gasteiger partial charge < -0.3 is 4.74 Å². The van der Waals surface area contributed by atoms with Crippen LogP contribution in [0.4, 0.5) is 5.69 Å². The minimum Gasteiger partial charge on any atom is -0.478 e. The normalized spacial score (nSPS) is 13.7. The maximum absolute atomic E-state index is 11.5. The van der Waals surface area contributed by atoms with Crippen molar-refractivity contribution in [2.24, 2.45) is 5.92 Å². The van der Waals surface area contributed by atoms with E-state index < -0.39 is 4.92 Å². The molecule has 1 aromatic rings. The van der Waals surface area contributed by atoms with Crippen LogP contribution in [0.3, 0.4) is 0 Å². The Bertz CT molecular complexity index is 590. The Morgan fingerprint density at radius 1 is 1.58 bits per heavy atom. The van der Waals surface area contributed by atoms with E-state index >= 15 is 0 Å². The minimum absolute atomic E-state index is 0.0329. The molecular formula is C12H9IN2O4. The van der Waals surface area contributed by atoms with Gasteiger partial charge in [0.25, 0.3) is 0 Å². The topological polar surface area (TPSA) is 93.2 Å². The van der Waals surface area contributed by atoms with Crippen LogP contribution in [0, 0.1) is 30.9 Å². The number of rotatable bonds is 5. The first-order chi connectivity index (χ1) is 9.02. The average molecular weight is 372 g/mol. The van der Waals surface area contributed by atoms with Crippen LogP contribution in [-0.4, -0.2) is 17.3 Å². The van der Waals surface area contributed by atoms with Gasteiger partial charge in [0.15, 0.2) is 5.78 Å². The second-order valence-electron chi connectivity index (χ2n) is 4.20. The predicted octanol–water partition coefficient (Wildman–Crippen LogP) is 2.43. The standard InChI is InChI=1S/C12H9IN2O4/c13-9-3-7(5-14)4-10(15(17)18)12(9)19-6-11(16)8-1-2-8/h3-4,8H,1-2,6H2. The summed E-state index contributed by atoms with van der Waals surface area (Å²) in [7, 11) is 0. The molecule has 19 heavy (non-hydrogen) atoms. The van der Waals surface area contributed by atoms with Crippen molar-refractivity contribution in [3.8, 4) is 11.8 Å². The molecule has 1 saturated carbocycles. The number of nitriles is 1. The fourth-order valence-corrected chi connectivity index (χ4v) is 2.36. The lowest BCUT2D eigenvalue weighted by atomic mass is 10.2. The van der Waals surface area contributed by atoms with Crippen LogP contribution in [0.2, 0.25) is 0 Å². The van der Waals surface area contributed by atoms with Gasteiger partial charge in [-0.2, -0.15) is 5.26 Å². The van der Waals surface area contributed by atoms with Crippen molar-refractivity contribution in [1.29, 1.82) is 5.26 Å².